The van der Waals surface area contributed by atoms with Gasteiger partial charge in [0, 0.05) is 20.6 Å². The van der Waals surface area contributed by atoms with Crippen molar-refractivity contribution in [1.82, 2.24) is 15.1 Å². The van der Waals surface area contributed by atoms with E-state index < -0.39 is 0 Å². The van der Waals surface area contributed by atoms with Crippen molar-refractivity contribution in [3.05, 3.63) is 35.4 Å². The Morgan fingerprint density at radius 1 is 1.14 bits per heavy atom. The fraction of sp³-hybridized carbons (Fsp3) is 0.529. The number of hydrogen-bond acceptors (Lipinski definition) is 3. The lowest BCUT2D eigenvalue weighted by Crippen LogP contribution is -2.42. The Hall–Kier alpha value is -1.88. The van der Waals surface area contributed by atoms with Crippen LogP contribution in [-0.2, 0) is 16.1 Å². The molecule has 1 N–H and O–H groups in total. The number of carbonyl (C=O) groups is 2. The van der Waals surface area contributed by atoms with Gasteiger partial charge in [-0.3, -0.25) is 14.5 Å². The first kappa shape index (κ1) is 18.2. The summed E-state index contributed by atoms with van der Waals surface area (Å²) in [7, 11) is 3.45. The molecule has 0 heterocycles. The molecule has 2 amide bonds. The Morgan fingerprint density at radius 2 is 1.82 bits per heavy atom. The summed E-state index contributed by atoms with van der Waals surface area (Å²) in [5, 5.41) is 2.93. The molecule has 0 aliphatic rings. The fourth-order valence-electron chi connectivity index (χ4n) is 2.12. The van der Waals surface area contributed by atoms with Gasteiger partial charge in [-0.05, 0) is 31.0 Å². The Morgan fingerprint density at radius 3 is 2.41 bits per heavy atom. The molecule has 0 saturated heterocycles. The molecule has 1 aromatic carbocycles. The molecule has 5 nitrogen and oxygen atoms in total. The van der Waals surface area contributed by atoms with E-state index >= 15 is 0 Å². The lowest BCUT2D eigenvalue weighted by molar-refractivity contribution is -0.130. The third-order valence-electron chi connectivity index (χ3n) is 3.50. The van der Waals surface area contributed by atoms with Crippen molar-refractivity contribution in [2.75, 3.05) is 33.7 Å². The molecule has 0 fully saturated rings. The Kier molecular flexibility index (Phi) is 7.60. The molecule has 0 aromatic heterocycles. The van der Waals surface area contributed by atoms with Crippen LogP contribution in [0.2, 0.25) is 0 Å². The molecule has 0 radical (unpaired) electrons. The lowest BCUT2D eigenvalue weighted by Gasteiger charge is -2.22. The number of nitrogens with zero attached hydrogens (tertiary/aromatic N) is 2. The van der Waals surface area contributed by atoms with E-state index in [9.17, 15) is 9.59 Å². The quantitative estimate of drug-likeness (QED) is 0.790. The highest BCUT2D eigenvalue weighted by atomic mass is 16.2. The van der Waals surface area contributed by atoms with Crippen molar-refractivity contribution < 1.29 is 9.59 Å². The topological polar surface area (TPSA) is 52.7 Å². The minimum Gasteiger partial charge on any atom is -0.351 e. The predicted octanol–water partition coefficient (Wildman–Crippen LogP) is 1.41. The standard InChI is InChI=1S/C17H27N3O2/c1-5-10-20(13-17(22)19(3)4)12-16(21)18-11-15-9-7-6-8-14(15)2/h6-9H,5,10-13H2,1-4H3,(H,18,21). The molecule has 0 aliphatic heterocycles. The molecule has 0 bridgehead atoms. The monoisotopic (exact) mass is 305 g/mol. The average molecular weight is 305 g/mol. The number of amides is 2. The average Bonchev–Trinajstić information content (AvgIpc) is 2.46. The van der Waals surface area contributed by atoms with Crippen molar-refractivity contribution in [2.45, 2.75) is 26.8 Å². The van der Waals surface area contributed by atoms with Crippen LogP contribution in [0.5, 0.6) is 0 Å². The van der Waals surface area contributed by atoms with Gasteiger partial charge in [0.2, 0.25) is 11.8 Å². The minimum absolute atomic E-state index is 0.0140. The van der Waals surface area contributed by atoms with Crippen molar-refractivity contribution in [3.63, 3.8) is 0 Å². The zero-order valence-electron chi connectivity index (χ0n) is 14.1. The van der Waals surface area contributed by atoms with Crippen molar-refractivity contribution in [1.29, 1.82) is 0 Å². The van der Waals surface area contributed by atoms with E-state index in [1.807, 2.05) is 43.0 Å². The molecular formula is C17H27N3O2. The summed E-state index contributed by atoms with van der Waals surface area (Å²) in [4.78, 5) is 27.3. The van der Waals surface area contributed by atoms with E-state index in [0.29, 0.717) is 6.54 Å². The number of hydrogen-bond donors (Lipinski definition) is 1. The van der Waals surface area contributed by atoms with Crippen molar-refractivity contribution >= 4 is 11.8 Å². The van der Waals surface area contributed by atoms with Crippen LogP contribution in [0, 0.1) is 6.92 Å². The zero-order chi connectivity index (χ0) is 16.5. The minimum atomic E-state index is -0.0525. The van der Waals surface area contributed by atoms with Gasteiger partial charge < -0.3 is 10.2 Å². The van der Waals surface area contributed by atoms with E-state index in [1.165, 1.54) is 0 Å². The van der Waals surface area contributed by atoms with Crippen LogP contribution in [0.25, 0.3) is 0 Å². The van der Waals surface area contributed by atoms with Gasteiger partial charge in [-0.2, -0.15) is 0 Å². The molecule has 1 aromatic rings. The predicted molar refractivity (Wildman–Crippen MR) is 88.5 cm³/mol. The van der Waals surface area contributed by atoms with Gasteiger partial charge in [-0.15, -0.1) is 0 Å². The molecule has 5 heteroatoms. The highest BCUT2D eigenvalue weighted by Gasteiger charge is 2.15. The first-order valence-corrected chi connectivity index (χ1v) is 7.67. The van der Waals surface area contributed by atoms with Crippen molar-refractivity contribution in [2.24, 2.45) is 0 Å². The van der Waals surface area contributed by atoms with Crippen LogP contribution in [0.4, 0.5) is 0 Å². The summed E-state index contributed by atoms with van der Waals surface area (Å²) < 4.78 is 0. The molecule has 22 heavy (non-hydrogen) atoms. The van der Waals surface area contributed by atoms with Gasteiger partial charge in [-0.25, -0.2) is 0 Å². The van der Waals surface area contributed by atoms with Crippen LogP contribution in [0.1, 0.15) is 24.5 Å². The van der Waals surface area contributed by atoms with Crippen LogP contribution in [-0.4, -0.2) is 55.3 Å². The number of carbonyl (C=O) groups excluding carboxylic acids is 2. The molecule has 0 unspecified atom stereocenters. The summed E-state index contributed by atoms with van der Waals surface area (Å²) in [5.74, 6) is -0.0385. The molecule has 0 saturated carbocycles. The SMILES string of the molecule is CCCN(CC(=O)NCc1ccccc1C)CC(=O)N(C)C. The van der Waals surface area contributed by atoms with Crippen LogP contribution in [0.3, 0.4) is 0 Å². The van der Waals surface area contributed by atoms with E-state index in [2.05, 4.69) is 5.32 Å². The zero-order valence-corrected chi connectivity index (χ0v) is 14.1. The highest BCUT2D eigenvalue weighted by Crippen LogP contribution is 2.06. The van der Waals surface area contributed by atoms with Crippen LogP contribution in [0.15, 0.2) is 24.3 Å². The molecule has 0 atom stereocenters. The third kappa shape index (κ3) is 6.26. The van der Waals surface area contributed by atoms with E-state index in [-0.39, 0.29) is 24.9 Å². The van der Waals surface area contributed by atoms with Crippen LogP contribution >= 0.6 is 0 Å². The third-order valence-corrected chi connectivity index (χ3v) is 3.50. The highest BCUT2D eigenvalue weighted by molar-refractivity contribution is 5.81. The first-order valence-electron chi connectivity index (χ1n) is 7.67. The molecule has 0 aliphatic carbocycles. The second kappa shape index (κ2) is 9.20. The smallest absolute Gasteiger partial charge is 0.236 e. The Bertz CT molecular complexity index is 500. The summed E-state index contributed by atoms with van der Waals surface area (Å²) in [6, 6.07) is 7.99. The summed E-state index contributed by atoms with van der Waals surface area (Å²) in [6.45, 7) is 5.85. The molecule has 0 spiro atoms. The fourth-order valence-corrected chi connectivity index (χ4v) is 2.12. The van der Waals surface area contributed by atoms with E-state index in [1.54, 1.807) is 19.0 Å². The molecule has 1 rings (SSSR count). The van der Waals surface area contributed by atoms with Crippen LogP contribution < -0.4 is 5.32 Å². The molecule has 122 valence electrons. The number of benzene rings is 1. The summed E-state index contributed by atoms with van der Waals surface area (Å²) in [5.41, 5.74) is 2.28. The van der Waals surface area contributed by atoms with E-state index in [0.717, 1.165) is 24.1 Å². The van der Waals surface area contributed by atoms with Gasteiger partial charge in [0.15, 0.2) is 0 Å². The van der Waals surface area contributed by atoms with Gasteiger partial charge >= 0.3 is 0 Å². The number of nitrogens with one attached hydrogen (secondary N) is 1. The Balaban J connectivity index is 2.49. The number of rotatable bonds is 8. The van der Waals surface area contributed by atoms with E-state index in [4.69, 9.17) is 0 Å². The van der Waals surface area contributed by atoms with Gasteiger partial charge in [0.1, 0.15) is 0 Å². The number of likely N-dealkylation sites (N-methyl/N-ethyl adjacent to an activating group) is 1. The lowest BCUT2D eigenvalue weighted by atomic mass is 10.1. The first-order chi connectivity index (χ1) is 10.4. The largest absolute Gasteiger partial charge is 0.351 e. The number of aryl methyl sites for hydroxylation is 1. The molecular weight excluding hydrogens is 278 g/mol. The van der Waals surface area contributed by atoms with Gasteiger partial charge in [0.25, 0.3) is 0 Å². The van der Waals surface area contributed by atoms with Gasteiger partial charge in [-0.1, -0.05) is 31.2 Å². The maximum atomic E-state index is 12.1. The summed E-state index contributed by atoms with van der Waals surface area (Å²) in [6.07, 6.45) is 0.909. The normalized spacial score (nSPS) is 10.6. The Labute approximate surface area is 133 Å². The summed E-state index contributed by atoms with van der Waals surface area (Å²) >= 11 is 0. The van der Waals surface area contributed by atoms with Gasteiger partial charge in [0.05, 0.1) is 13.1 Å². The second-order valence-corrected chi connectivity index (χ2v) is 5.70. The van der Waals surface area contributed by atoms with Crippen molar-refractivity contribution in [3.8, 4) is 0 Å². The maximum absolute atomic E-state index is 12.1. The maximum Gasteiger partial charge on any atom is 0.236 e. The second-order valence-electron chi connectivity index (χ2n) is 5.70.